The van der Waals surface area contributed by atoms with Gasteiger partial charge in [-0.2, -0.15) is 0 Å². The number of hydrogen-bond acceptors (Lipinski definition) is 4. The first-order chi connectivity index (χ1) is 11.6. The number of Topliss-reactive ketones (excluding diaryl/α,β-unsaturated/α-hetero) is 1. The molecule has 1 saturated carbocycles. The molecule has 5 heteroatoms. The summed E-state index contributed by atoms with van der Waals surface area (Å²) in [6.45, 7) is 0. The van der Waals surface area contributed by atoms with Gasteiger partial charge in [0.15, 0.2) is 5.78 Å². The van der Waals surface area contributed by atoms with Crippen LogP contribution in [0.25, 0.3) is 0 Å². The summed E-state index contributed by atoms with van der Waals surface area (Å²) in [5.41, 5.74) is 1.32. The van der Waals surface area contributed by atoms with Crippen molar-refractivity contribution in [2.45, 2.75) is 30.9 Å². The van der Waals surface area contributed by atoms with Crippen molar-refractivity contribution in [3.63, 3.8) is 0 Å². The first-order valence-corrected chi connectivity index (χ1v) is 8.03. The lowest BCUT2D eigenvalue weighted by Gasteiger charge is -2.34. The van der Waals surface area contributed by atoms with E-state index in [1.807, 2.05) is 30.3 Å². The number of benzene rings is 2. The Labute approximate surface area is 140 Å². The standard InChI is InChI=1S/C19H19NO4/c21-18-12-15(13-7-3-1-4-8-13)17(20(23)24)11-16(18)19(22)14-9-5-2-6-10-14/h1-10,15-18,21H,11-12H2/t15-,16-,17+,18+/m0/s1. The van der Waals surface area contributed by atoms with Gasteiger partial charge in [-0.05, 0) is 12.0 Å². The minimum atomic E-state index is -0.876. The van der Waals surface area contributed by atoms with Gasteiger partial charge < -0.3 is 5.11 Å². The van der Waals surface area contributed by atoms with Crippen molar-refractivity contribution in [2.24, 2.45) is 5.92 Å². The number of aliphatic hydroxyl groups is 1. The molecule has 1 fully saturated rings. The third-order valence-electron chi connectivity index (χ3n) is 4.81. The van der Waals surface area contributed by atoms with Gasteiger partial charge in [-0.3, -0.25) is 14.9 Å². The van der Waals surface area contributed by atoms with Gasteiger partial charge in [-0.25, -0.2) is 0 Å². The Balaban J connectivity index is 1.86. The van der Waals surface area contributed by atoms with Crippen molar-refractivity contribution in [1.82, 2.24) is 0 Å². The summed E-state index contributed by atoms with van der Waals surface area (Å²) in [6, 6.07) is 17.0. The van der Waals surface area contributed by atoms with Gasteiger partial charge in [-0.1, -0.05) is 60.7 Å². The summed E-state index contributed by atoms with van der Waals surface area (Å²) in [6.07, 6.45) is -0.598. The first-order valence-electron chi connectivity index (χ1n) is 8.03. The molecule has 0 amide bonds. The van der Waals surface area contributed by atoms with Crippen LogP contribution in [0, 0.1) is 16.0 Å². The minimum Gasteiger partial charge on any atom is -0.392 e. The summed E-state index contributed by atoms with van der Waals surface area (Å²) in [4.78, 5) is 23.9. The molecule has 0 spiro atoms. The Morgan fingerprint density at radius 2 is 1.58 bits per heavy atom. The topological polar surface area (TPSA) is 80.4 Å². The number of ketones is 1. The molecular weight excluding hydrogens is 306 g/mol. The SMILES string of the molecule is O=C(c1ccccc1)[C@H]1C[C@@H]([N+](=O)[O-])[C@H](c2ccccc2)C[C@H]1O. The normalized spacial score (nSPS) is 26.7. The highest BCUT2D eigenvalue weighted by Crippen LogP contribution is 2.39. The molecular formula is C19H19NO4. The van der Waals surface area contributed by atoms with E-state index in [9.17, 15) is 20.0 Å². The molecule has 1 aliphatic carbocycles. The molecule has 1 aliphatic rings. The maximum Gasteiger partial charge on any atom is 0.220 e. The van der Waals surface area contributed by atoms with Gasteiger partial charge >= 0.3 is 0 Å². The molecule has 0 saturated heterocycles. The fourth-order valence-electron chi connectivity index (χ4n) is 3.55. The molecule has 0 bridgehead atoms. The van der Waals surface area contributed by atoms with Crippen molar-refractivity contribution in [3.8, 4) is 0 Å². The van der Waals surface area contributed by atoms with Gasteiger partial charge in [0.05, 0.1) is 17.9 Å². The molecule has 4 atom stereocenters. The Morgan fingerprint density at radius 1 is 1.00 bits per heavy atom. The molecule has 0 unspecified atom stereocenters. The number of nitrogens with zero attached hydrogens (tertiary/aromatic N) is 1. The number of hydrogen-bond donors (Lipinski definition) is 1. The van der Waals surface area contributed by atoms with E-state index >= 15 is 0 Å². The number of carbonyl (C=O) groups is 1. The van der Waals surface area contributed by atoms with Crippen molar-refractivity contribution >= 4 is 5.78 Å². The first kappa shape index (κ1) is 16.3. The zero-order valence-corrected chi connectivity index (χ0v) is 13.1. The number of carbonyl (C=O) groups excluding carboxylic acids is 1. The zero-order chi connectivity index (χ0) is 17.1. The molecule has 0 aromatic heterocycles. The quantitative estimate of drug-likeness (QED) is 0.532. The van der Waals surface area contributed by atoms with E-state index in [1.54, 1.807) is 30.3 Å². The number of nitro groups is 1. The highest BCUT2D eigenvalue weighted by molar-refractivity contribution is 5.98. The molecule has 3 rings (SSSR count). The Kier molecular flexibility index (Phi) is 4.71. The van der Waals surface area contributed by atoms with Crippen molar-refractivity contribution in [3.05, 3.63) is 81.9 Å². The fraction of sp³-hybridized carbons (Fsp3) is 0.316. The summed E-state index contributed by atoms with van der Waals surface area (Å²) < 4.78 is 0. The highest BCUT2D eigenvalue weighted by Gasteiger charge is 2.46. The van der Waals surface area contributed by atoms with Crippen LogP contribution in [-0.4, -0.2) is 28.0 Å². The van der Waals surface area contributed by atoms with E-state index in [-0.39, 0.29) is 29.5 Å². The van der Waals surface area contributed by atoms with Crippen molar-refractivity contribution in [2.75, 3.05) is 0 Å². The lowest BCUT2D eigenvalue weighted by atomic mass is 9.71. The third-order valence-corrected chi connectivity index (χ3v) is 4.81. The van der Waals surface area contributed by atoms with Crippen LogP contribution in [-0.2, 0) is 0 Å². The predicted octanol–water partition coefficient (Wildman–Crippen LogP) is 3.07. The van der Waals surface area contributed by atoms with Crippen LogP contribution in [0.2, 0.25) is 0 Å². The van der Waals surface area contributed by atoms with Gasteiger partial charge in [0.1, 0.15) is 0 Å². The van der Waals surface area contributed by atoms with Crippen LogP contribution in [0.3, 0.4) is 0 Å². The lowest BCUT2D eigenvalue weighted by Crippen LogP contribution is -2.44. The fourth-order valence-corrected chi connectivity index (χ4v) is 3.55. The van der Waals surface area contributed by atoms with E-state index in [2.05, 4.69) is 0 Å². The molecule has 0 heterocycles. The van der Waals surface area contributed by atoms with E-state index in [1.165, 1.54) is 0 Å². The van der Waals surface area contributed by atoms with E-state index < -0.39 is 18.1 Å². The van der Waals surface area contributed by atoms with Crippen molar-refractivity contribution in [1.29, 1.82) is 0 Å². The Bertz CT molecular complexity index is 717. The highest BCUT2D eigenvalue weighted by atomic mass is 16.6. The van der Waals surface area contributed by atoms with Crippen LogP contribution < -0.4 is 0 Å². The Morgan fingerprint density at radius 3 is 2.17 bits per heavy atom. The average Bonchev–Trinajstić information content (AvgIpc) is 2.62. The lowest BCUT2D eigenvalue weighted by molar-refractivity contribution is -0.532. The predicted molar refractivity (Wildman–Crippen MR) is 89.5 cm³/mol. The molecule has 2 aromatic rings. The molecule has 0 radical (unpaired) electrons. The molecule has 124 valence electrons. The maximum atomic E-state index is 12.6. The average molecular weight is 325 g/mol. The number of aliphatic hydroxyl groups excluding tert-OH is 1. The smallest absolute Gasteiger partial charge is 0.220 e. The van der Waals surface area contributed by atoms with Gasteiger partial charge in [0.25, 0.3) is 0 Å². The second kappa shape index (κ2) is 6.93. The zero-order valence-electron chi connectivity index (χ0n) is 13.1. The van der Waals surface area contributed by atoms with E-state index in [0.717, 1.165) is 5.56 Å². The largest absolute Gasteiger partial charge is 0.392 e. The molecule has 5 nitrogen and oxygen atoms in total. The molecule has 2 aromatic carbocycles. The third kappa shape index (κ3) is 3.21. The van der Waals surface area contributed by atoms with Crippen LogP contribution in [0.4, 0.5) is 0 Å². The summed E-state index contributed by atoms with van der Waals surface area (Å²) >= 11 is 0. The van der Waals surface area contributed by atoms with Crippen LogP contribution >= 0.6 is 0 Å². The van der Waals surface area contributed by atoms with Crippen molar-refractivity contribution < 1.29 is 14.8 Å². The van der Waals surface area contributed by atoms with Crippen LogP contribution in [0.1, 0.15) is 34.7 Å². The molecule has 0 aliphatic heterocycles. The minimum absolute atomic E-state index is 0.0570. The van der Waals surface area contributed by atoms with Crippen LogP contribution in [0.5, 0.6) is 0 Å². The Hall–Kier alpha value is -2.53. The maximum absolute atomic E-state index is 12.6. The monoisotopic (exact) mass is 325 g/mol. The number of rotatable bonds is 4. The van der Waals surface area contributed by atoms with Crippen LogP contribution in [0.15, 0.2) is 60.7 Å². The van der Waals surface area contributed by atoms with E-state index in [4.69, 9.17) is 0 Å². The van der Waals surface area contributed by atoms with E-state index in [0.29, 0.717) is 5.56 Å². The van der Waals surface area contributed by atoms with Gasteiger partial charge in [0, 0.05) is 16.9 Å². The second-order valence-corrected chi connectivity index (χ2v) is 6.25. The van der Waals surface area contributed by atoms with Gasteiger partial charge in [-0.15, -0.1) is 0 Å². The second-order valence-electron chi connectivity index (χ2n) is 6.25. The summed E-state index contributed by atoms with van der Waals surface area (Å²) in [5, 5.41) is 22.1. The summed E-state index contributed by atoms with van der Waals surface area (Å²) in [5.74, 6) is -1.33. The molecule has 1 N–H and O–H groups in total. The van der Waals surface area contributed by atoms with Gasteiger partial charge in [0.2, 0.25) is 6.04 Å². The molecule has 24 heavy (non-hydrogen) atoms. The summed E-state index contributed by atoms with van der Waals surface area (Å²) in [7, 11) is 0.